The van der Waals surface area contributed by atoms with Crippen LogP contribution >= 0.6 is 0 Å². The summed E-state index contributed by atoms with van der Waals surface area (Å²) >= 11 is 0. The molecule has 0 heterocycles. The fourth-order valence-electron chi connectivity index (χ4n) is 4.45. The number of para-hydroxylation sites is 1. The van der Waals surface area contributed by atoms with Crippen LogP contribution in [-0.4, -0.2) is 51.6 Å². The van der Waals surface area contributed by atoms with Crippen LogP contribution in [-0.2, 0) is 16.4 Å². The Morgan fingerprint density at radius 3 is 2.48 bits per heavy atom. The molecule has 0 saturated carbocycles. The van der Waals surface area contributed by atoms with Gasteiger partial charge in [0.25, 0.3) is 10.0 Å². The van der Waals surface area contributed by atoms with E-state index >= 15 is 0 Å². The Morgan fingerprint density at radius 1 is 1.12 bits per heavy atom. The average molecular weight is 472 g/mol. The van der Waals surface area contributed by atoms with E-state index in [-0.39, 0.29) is 21.6 Å². The van der Waals surface area contributed by atoms with Crippen molar-refractivity contribution in [2.45, 2.75) is 38.5 Å². The number of aromatic carboxylic acids is 1. The highest BCUT2D eigenvalue weighted by Gasteiger charge is 2.27. The van der Waals surface area contributed by atoms with Crippen molar-refractivity contribution in [1.82, 2.24) is 4.90 Å². The van der Waals surface area contributed by atoms with Gasteiger partial charge in [-0.2, -0.15) is 0 Å². The molecular weight excluding hydrogens is 438 g/mol. The van der Waals surface area contributed by atoms with Crippen LogP contribution in [0.25, 0.3) is 5.57 Å². The van der Waals surface area contributed by atoms with Gasteiger partial charge in [0.15, 0.2) is 0 Å². The first-order chi connectivity index (χ1) is 15.4. The predicted octanol–water partition coefficient (Wildman–Crippen LogP) is 4.53. The number of allylic oxidation sites excluding steroid dienone is 2. The quantitative estimate of drug-likeness (QED) is 0.497. The van der Waals surface area contributed by atoms with Gasteiger partial charge in [-0.15, -0.1) is 0 Å². The summed E-state index contributed by atoms with van der Waals surface area (Å²) in [5.41, 5.74) is 2.81. The molecule has 3 rings (SSSR count). The molecule has 33 heavy (non-hydrogen) atoms. The molecule has 0 bridgehead atoms. The van der Waals surface area contributed by atoms with Gasteiger partial charge in [0.2, 0.25) is 0 Å². The van der Waals surface area contributed by atoms with Crippen molar-refractivity contribution < 1.29 is 18.3 Å². The molecule has 8 heteroatoms. The van der Waals surface area contributed by atoms with E-state index in [2.05, 4.69) is 28.8 Å². The summed E-state index contributed by atoms with van der Waals surface area (Å²) in [6, 6.07) is 10.0. The number of anilines is 2. The van der Waals surface area contributed by atoms with E-state index in [1.807, 2.05) is 33.2 Å². The number of fused-ring (bicyclic) bond motifs is 1. The van der Waals surface area contributed by atoms with Gasteiger partial charge in [0.1, 0.15) is 4.90 Å². The fraction of sp³-hybridized carbons (Fsp3) is 0.400. The van der Waals surface area contributed by atoms with Crippen LogP contribution in [0.1, 0.15) is 48.7 Å². The van der Waals surface area contributed by atoms with Gasteiger partial charge in [-0.25, -0.2) is 13.2 Å². The third kappa shape index (κ3) is 5.75. The molecule has 7 nitrogen and oxygen atoms in total. The molecule has 0 saturated heterocycles. The molecule has 0 aromatic heterocycles. The molecule has 1 aliphatic rings. The highest BCUT2D eigenvalue weighted by atomic mass is 32.2. The van der Waals surface area contributed by atoms with Crippen LogP contribution in [0.2, 0.25) is 0 Å². The van der Waals surface area contributed by atoms with Crippen molar-refractivity contribution in [1.29, 1.82) is 0 Å². The molecule has 0 atom stereocenters. The largest absolute Gasteiger partial charge is 0.478 e. The Bertz CT molecular complexity index is 1180. The fourth-order valence-corrected chi connectivity index (χ4v) is 5.71. The molecule has 0 radical (unpaired) electrons. The summed E-state index contributed by atoms with van der Waals surface area (Å²) in [7, 11) is -0.0413. The van der Waals surface area contributed by atoms with Gasteiger partial charge >= 0.3 is 5.97 Å². The minimum absolute atomic E-state index is 0.0120. The van der Waals surface area contributed by atoms with Gasteiger partial charge < -0.3 is 15.3 Å². The molecule has 0 fully saturated rings. The number of hydrogen-bond acceptors (Lipinski definition) is 5. The van der Waals surface area contributed by atoms with Crippen molar-refractivity contribution in [3.05, 3.63) is 59.2 Å². The van der Waals surface area contributed by atoms with E-state index in [4.69, 9.17) is 0 Å². The Labute approximate surface area is 196 Å². The Hall–Kier alpha value is -2.84. The molecule has 0 unspecified atom stereocenters. The third-order valence-electron chi connectivity index (χ3n) is 5.69. The summed E-state index contributed by atoms with van der Waals surface area (Å²) in [6.07, 6.45) is 3.56. The van der Waals surface area contributed by atoms with Gasteiger partial charge in [-0.3, -0.25) is 4.72 Å². The second-order valence-corrected chi connectivity index (χ2v) is 11.3. The van der Waals surface area contributed by atoms with Crippen LogP contribution in [0.5, 0.6) is 0 Å². The maximum absolute atomic E-state index is 13.4. The number of aryl methyl sites for hydroxylation is 1. The van der Waals surface area contributed by atoms with E-state index in [1.165, 1.54) is 6.07 Å². The van der Waals surface area contributed by atoms with Crippen molar-refractivity contribution in [3.63, 3.8) is 0 Å². The lowest BCUT2D eigenvalue weighted by molar-refractivity contribution is 0.0697. The summed E-state index contributed by atoms with van der Waals surface area (Å²) in [5.74, 6) is -1.16. The number of carboxylic acids is 1. The van der Waals surface area contributed by atoms with Gasteiger partial charge in [-0.1, -0.05) is 38.1 Å². The monoisotopic (exact) mass is 471 g/mol. The smallest absolute Gasteiger partial charge is 0.338 e. The summed E-state index contributed by atoms with van der Waals surface area (Å²) in [4.78, 5) is 14.3. The van der Waals surface area contributed by atoms with Gasteiger partial charge in [-0.05, 0) is 74.2 Å². The maximum Gasteiger partial charge on any atom is 0.338 e. The van der Waals surface area contributed by atoms with Gasteiger partial charge in [0, 0.05) is 13.1 Å². The highest BCUT2D eigenvalue weighted by Crippen LogP contribution is 2.35. The molecule has 0 amide bonds. The Kier molecular flexibility index (Phi) is 7.19. The summed E-state index contributed by atoms with van der Waals surface area (Å²) < 4.78 is 29.3. The normalized spacial score (nSPS) is 13.9. The minimum atomic E-state index is -4.04. The second-order valence-electron chi connectivity index (χ2n) is 9.61. The highest BCUT2D eigenvalue weighted by molar-refractivity contribution is 7.92. The first kappa shape index (κ1) is 24.8. The van der Waals surface area contributed by atoms with Crippen molar-refractivity contribution >= 4 is 32.9 Å². The molecule has 2 aromatic rings. The predicted molar refractivity (Wildman–Crippen MR) is 133 cm³/mol. The SMILES string of the molecule is CC1=CCCc2ccc(NS(=O)(=O)c3ccccc3NCC(C)(C)CN(C)C)c(C(=O)O)c21. The van der Waals surface area contributed by atoms with Gasteiger partial charge in [0.05, 0.1) is 16.9 Å². The number of nitrogens with zero attached hydrogens (tertiary/aromatic N) is 1. The lowest BCUT2D eigenvalue weighted by Gasteiger charge is -2.29. The Morgan fingerprint density at radius 2 is 1.82 bits per heavy atom. The molecule has 0 aliphatic heterocycles. The number of benzene rings is 2. The van der Waals surface area contributed by atoms with E-state index < -0.39 is 16.0 Å². The van der Waals surface area contributed by atoms with Crippen molar-refractivity contribution in [3.8, 4) is 0 Å². The molecule has 1 aliphatic carbocycles. The average Bonchev–Trinajstić information content (AvgIpc) is 2.71. The zero-order chi connectivity index (χ0) is 24.4. The molecule has 178 valence electrons. The van der Waals surface area contributed by atoms with E-state index in [0.717, 1.165) is 30.5 Å². The van der Waals surface area contributed by atoms with Crippen LogP contribution in [0.15, 0.2) is 47.4 Å². The number of sulfonamides is 1. The maximum atomic E-state index is 13.4. The molecule has 0 spiro atoms. The molecule has 3 N–H and O–H groups in total. The zero-order valence-electron chi connectivity index (χ0n) is 19.9. The standard InChI is InChI=1S/C25H33N3O4S/c1-17-9-8-10-18-13-14-20(23(22(17)18)24(29)30)27-33(31,32)21-12-7-6-11-19(21)26-15-25(2,3)16-28(4)5/h6-7,9,11-14,26-27H,8,10,15-16H2,1-5H3,(H,29,30). The van der Waals surface area contributed by atoms with Crippen LogP contribution in [0, 0.1) is 5.41 Å². The summed E-state index contributed by atoms with van der Waals surface area (Å²) in [5, 5.41) is 13.2. The first-order valence-corrected chi connectivity index (χ1v) is 12.5. The number of hydrogen-bond donors (Lipinski definition) is 3. The first-order valence-electron chi connectivity index (χ1n) is 11.0. The lowest BCUT2D eigenvalue weighted by atomic mass is 9.87. The third-order valence-corrected chi connectivity index (χ3v) is 7.11. The van der Waals surface area contributed by atoms with E-state index in [1.54, 1.807) is 24.3 Å². The lowest BCUT2D eigenvalue weighted by Crippen LogP contribution is -2.34. The zero-order valence-corrected chi connectivity index (χ0v) is 20.7. The minimum Gasteiger partial charge on any atom is -0.478 e. The number of nitrogens with one attached hydrogen (secondary N) is 2. The van der Waals surface area contributed by atoms with E-state index in [0.29, 0.717) is 17.8 Å². The molecular formula is C25H33N3O4S. The molecule has 2 aromatic carbocycles. The van der Waals surface area contributed by atoms with Crippen LogP contribution in [0.4, 0.5) is 11.4 Å². The number of carbonyl (C=O) groups is 1. The van der Waals surface area contributed by atoms with Crippen LogP contribution in [0.3, 0.4) is 0 Å². The second kappa shape index (κ2) is 9.57. The summed E-state index contributed by atoms with van der Waals surface area (Å²) in [6.45, 7) is 7.48. The van der Waals surface area contributed by atoms with Crippen molar-refractivity contribution in [2.24, 2.45) is 5.41 Å². The van der Waals surface area contributed by atoms with Crippen LogP contribution < -0.4 is 10.0 Å². The number of carboxylic acid groups (broad SMARTS) is 1. The topological polar surface area (TPSA) is 98.7 Å². The number of rotatable bonds is 9. The van der Waals surface area contributed by atoms with Crippen molar-refractivity contribution in [2.75, 3.05) is 37.2 Å². The Balaban J connectivity index is 1.95. The van der Waals surface area contributed by atoms with E-state index in [9.17, 15) is 18.3 Å².